The fourth-order valence-electron chi connectivity index (χ4n) is 2.33. The topological polar surface area (TPSA) is 66.9 Å². The van der Waals surface area contributed by atoms with Crippen LogP contribution in [0.1, 0.15) is 17.9 Å². The number of amides is 1. The van der Waals surface area contributed by atoms with Gasteiger partial charge in [-0.15, -0.1) is 5.10 Å². The molecule has 0 bridgehead atoms. The van der Waals surface area contributed by atoms with Gasteiger partial charge < -0.3 is 10.6 Å². The minimum atomic E-state index is -0.0380. The third-order valence-corrected chi connectivity index (χ3v) is 3.21. The zero-order valence-electron chi connectivity index (χ0n) is 10.3. The highest BCUT2D eigenvalue weighted by molar-refractivity contribution is 5.90. The smallest absolute Gasteiger partial charge is 0.226 e. The first-order valence-electron chi connectivity index (χ1n) is 6.23. The van der Waals surface area contributed by atoms with Crippen LogP contribution in [0.5, 0.6) is 0 Å². The normalized spacial score (nSPS) is 16.5. The number of aromatic nitrogens is 2. The molecule has 2 heterocycles. The minimum absolute atomic E-state index is 0.0380. The lowest BCUT2D eigenvalue weighted by Gasteiger charge is -2.09. The van der Waals surface area contributed by atoms with E-state index in [1.165, 1.54) is 5.56 Å². The first-order valence-corrected chi connectivity index (χ1v) is 6.23. The van der Waals surface area contributed by atoms with Gasteiger partial charge in [-0.25, -0.2) is 0 Å². The highest BCUT2D eigenvalue weighted by atomic mass is 16.1. The average Bonchev–Trinajstić information content (AvgIpc) is 2.83. The lowest BCUT2D eigenvalue weighted by molar-refractivity contribution is -0.116. The number of nitrogens with one attached hydrogen (secondary N) is 2. The summed E-state index contributed by atoms with van der Waals surface area (Å²) in [6.45, 7) is 0.799. The summed E-state index contributed by atoms with van der Waals surface area (Å²) in [5, 5.41) is 13.6. The first kappa shape index (κ1) is 11.6. The van der Waals surface area contributed by atoms with Crippen molar-refractivity contribution < 1.29 is 4.79 Å². The fourth-order valence-corrected chi connectivity index (χ4v) is 2.33. The van der Waals surface area contributed by atoms with Gasteiger partial charge >= 0.3 is 0 Å². The van der Waals surface area contributed by atoms with Gasteiger partial charge in [-0.05, 0) is 23.8 Å². The maximum absolute atomic E-state index is 12.0. The predicted molar refractivity (Wildman–Crippen MR) is 73.0 cm³/mol. The van der Waals surface area contributed by atoms with Crippen molar-refractivity contribution in [1.82, 2.24) is 10.2 Å². The van der Waals surface area contributed by atoms with E-state index in [2.05, 4.69) is 26.9 Å². The van der Waals surface area contributed by atoms with Crippen molar-refractivity contribution in [2.24, 2.45) is 0 Å². The number of hydrogen-bond acceptors (Lipinski definition) is 4. The van der Waals surface area contributed by atoms with Crippen molar-refractivity contribution in [3.8, 4) is 0 Å². The average molecular weight is 254 g/mol. The van der Waals surface area contributed by atoms with E-state index in [9.17, 15) is 4.79 Å². The van der Waals surface area contributed by atoms with Crippen LogP contribution in [0.25, 0.3) is 0 Å². The SMILES string of the molecule is O=C(CC1CNc2ccccc21)Nc1cccnn1. The van der Waals surface area contributed by atoms with Crippen LogP contribution >= 0.6 is 0 Å². The molecule has 1 aliphatic rings. The number of fused-ring (bicyclic) bond motifs is 1. The number of rotatable bonds is 3. The van der Waals surface area contributed by atoms with Crippen LogP contribution in [0.4, 0.5) is 11.5 Å². The molecule has 1 aromatic heterocycles. The number of hydrogen-bond donors (Lipinski definition) is 2. The summed E-state index contributed by atoms with van der Waals surface area (Å²) in [6.07, 6.45) is 2.02. The lowest BCUT2D eigenvalue weighted by Crippen LogP contribution is -2.17. The molecule has 2 aromatic rings. The molecule has 5 nitrogen and oxygen atoms in total. The van der Waals surface area contributed by atoms with Crippen molar-refractivity contribution in [3.05, 3.63) is 48.2 Å². The van der Waals surface area contributed by atoms with Gasteiger partial charge in [-0.1, -0.05) is 18.2 Å². The minimum Gasteiger partial charge on any atom is -0.384 e. The Morgan fingerprint density at radius 2 is 2.21 bits per heavy atom. The Bertz CT molecular complexity index is 585. The lowest BCUT2D eigenvalue weighted by atomic mass is 9.98. The Labute approximate surface area is 111 Å². The third kappa shape index (κ3) is 2.54. The Morgan fingerprint density at radius 1 is 1.32 bits per heavy atom. The van der Waals surface area contributed by atoms with Crippen LogP contribution in [0.15, 0.2) is 42.6 Å². The van der Waals surface area contributed by atoms with E-state index in [1.54, 1.807) is 18.3 Å². The summed E-state index contributed by atoms with van der Waals surface area (Å²) >= 11 is 0. The standard InChI is InChI=1S/C14H14N4O/c19-14(17-13-6-3-7-16-18-13)8-10-9-15-12-5-2-1-4-11(10)12/h1-7,10,15H,8-9H2,(H,17,18,19). The van der Waals surface area contributed by atoms with E-state index >= 15 is 0 Å². The zero-order chi connectivity index (χ0) is 13.1. The zero-order valence-corrected chi connectivity index (χ0v) is 10.3. The van der Waals surface area contributed by atoms with E-state index < -0.39 is 0 Å². The van der Waals surface area contributed by atoms with Gasteiger partial charge in [0.2, 0.25) is 5.91 Å². The van der Waals surface area contributed by atoms with Gasteiger partial charge in [0.15, 0.2) is 5.82 Å². The molecule has 5 heteroatoms. The number of para-hydroxylation sites is 1. The molecule has 1 amide bonds. The van der Waals surface area contributed by atoms with Gasteiger partial charge in [0.05, 0.1) is 0 Å². The molecule has 0 radical (unpaired) electrons. The maximum Gasteiger partial charge on any atom is 0.226 e. The second kappa shape index (κ2) is 5.06. The molecule has 0 aliphatic carbocycles. The van der Waals surface area contributed by atoms with Crippen molar-refractivity contribution in [2.75, 3.05) is 17.2 Å². The van der Waals surface area contributed by atoms with Gasteiger partial charge in [0, 0.05) is 30.8 Å². The second-order valence-electron chi connectivity index (χ2n) is 4.53. The Morgan fingerprint density at radius 3 is 3.05 bits per heavy atom. The number of carbonyl (C=O) groups excluding carboxylic acids is 1. The molecule has 0 saturated carbocycles. The van der Waals surface area contributed by atoms with Crippen molar-refractivity contribution in [2.45, 2.75) is 12.3 Å². The molecular weight excluding hydrogens is 240 g/mol. The molecule has 1 aromatic carbocycles. The summed E-state index contributed by atoms with van der Waals surface area (Å²) < 4.78 is 0. The molecule has 2 N–H and O–H groups in total. The van der Waals surface area contributed by atoms with E-state index in [0.717, 1.165) is 12.2 Å². The second-order valence-corrected chi connectivity index (χ2v) is 4.53. The number of nitrogens with zero attached hydrogens (tertiary/aromatic N) is 2. The fraction of sp³-hybridized carbons (Fsp3) is 0.214. The van der Waals surface area contributed by atoms with Gasteiger partial charge in [-0.2, -0.15) is 5.10 Å². The molecule has 1 aliphatic heterocycles. The number of anilines is 2. The Hall–Kier alpha value is -2.43. The molecule has 0 saturated heterocycles. The molecule has 1 atom stereocenters. The van der Waals surface area contributed by atoms with E-state index in [1.807, 2.05) is 18.2 Å². The summed E-state index contributed by atoms with van der Waals surface area (Å²) in [6, 6.07) is 11.6. The summed E-state index contributed by atoms with van der Waals surface area (Å²) in [5.41, 5.74) is 2.33. The largest absolute Gasteiger partial charge is 0.384 e. The van der Waals surface area contributed by atoms with Crippen LogP contribution in [0, 0.1) is 0 Å². The molecule has 1 unspecified atom stereocenters. The van der Waals surface area contributed by atoms with Crippen LogP contribution in [0.3, 0.4) is 0 Å². The summed E-state index contributed by atoms with van der Waals surface area (Å²) in [7, 11) is 0. The first-order chi connectivity index (χ1) is 9.33. The van der Waals surface area contributed by atoms with Crippen LogP contribution in [-0.2, 0) is 4.79 Å². The van der Waals surface area contributed by atoms with Crippen LogP contribution in [0.2, 0.25) is 0 Å². The molecule has 96 valence electrons. The molecule has 0 spiro atoms. The van der Waals surface area contributed by atoms with Crippen LogP contribution in [-0.4, -0.2) is 22.6 Å². The van der Waals surface area contributed by atoms with Gasteiger partial charge in [-0.3, -0.25) is 4.79 Å². The highest BCUT2D eigenvalue weighted by Crippen LogP contribution is 2.33. The van der Waals surface area contributed by atoms with Crippen molar-refractivity contribution >= 4 is 17.4 Å². The maximum atomic E-state index is 12.0. The Kier molecular flexibility index (Phi) is 3.10. The van der Waals surface area contributed by atoms with Crippen molar-refractivity contribution in [1.29, 1.82) is 0 Å². The number of benzene rings is 1. The summed E-state index contributed by atoms with van der Waals surface area (Å²) in [4.78, 5) is 12.0. The van der Waals surface area contributed by atoms with E-state index in [4.69, 9.17) is 0 Å². The van der Waals surface area contributed by atoms with Gasteiger partial charge in [0.25, 0.3) is 0 Å². The molecule has 19 heavy (non-hydrogen) atoms. The molecule has 3 rings (SSSR count). The van der Waals surface area contributed by atoms with Crippen LogP contribution < -0.4 is 10.6 Å². The number of carbonyl (C=O) groups is 1. The predicted octanol–water partition coefficient (Wildman–Crippen LogP) is 2.01. The van der Waals surface area contributed by atoms with E-state index in [-0.39, 0.29) is 11.8 Å². The third-order valence-electron chi connectivity index (χ3n) is 3.21. The molecule has 0 fully saturated rings. The highest BCUT2D eigenvalue weighted by Gasteiger charge is 2.23. The Balaban J connectivity index is 1.65. The monoisotopic (exact) mass is 254 g/mol. The van der Waals surface area contributed by atoms with Crippen molar-refractivity contribution in [3.63, 3.8) is 0 Å². The summed E-state index contributed by atoms with van der Waals surface area (Å²) in [5.74, 6) is 0.670. The molecular formula is C14H14N4O. The van der Waals surface area contributed by atoms with E-state index in [0.29, 0.717) is 12.2 Å². The quantitative estimate of drug-likeness (QED) is 0.879. The van der Waals surface area contributed by atoms with Gasteiger partial charge in [0.1, 0.15) is 0 Å².